The summed E-state index contributed by atoms with van der Waals surface area (Å²) in [7, 11) is 0. The number of carbonyl (C=O) groups excluding carboxylic acids is 2. The molecule has 0 radical (unpaired) electrons. The Morgan fingerprint density at radius 3 is 2.44 bits per heavy atom. The lowest BCUT2D eigenvalue weighted by atomic mass is 10.0. The third kappa shape index (κ3) is 4.73. The second-order valence-electron chi connectivity index (χ2n) is 7.25. The first kappa shape index (κ1) is 20.4. The number of carbonyl (C=O) groups is 2. The van der Waals surface area contributed by atoms with Crippen molar-refractivity contribution in [1.82, 2.24) is 14.7 Å². The minimum absolute atomic E-state index is 0.105. The Bertz CT molecular complexity index is 723. The number of rotatable bonds is 3. The van der Waals surface area contributed by atoms with Crippen LogP contribution in [0.3, 0.4) is 0 Å². The van der Waals surface area contributed by atoms with Crippen molar-refractivity contribution in [2.75, 3.05) is 39.3 Å². The zero-order valence-corrected chi connectivity index (χ0v) is 16.9. The number of nitrogens with zero attached hydrogens (tertiary/aromatic N) is 3. The Balaban J connectivity index is 1.55. The van der Waals surface area contributed by atoms with Gasteiger partial charge in [-0.1, -0.05) is 23.2 Å². The van der Waals surface area contributed by atoms with E-state index in [1.165, 1.54) is 12.5 Å². The molecular weight excluding hydrogens is 392 g/mol. The van der Waals surface area contributed by atoms with Crippen LogP contribution in [0.25, 0.3) is 0 Å². The number of piperazine rings is 1. The molecule has 0 spiro atoms. The molecule has 2 amide bonds. The van der Waals surface area contributed by atoms with Crippen molar-refractivity contribution in [2.24, 2.45) is 0 Å². The van der Waals surface area contributed by atoms with Crippen molar-refractivity contribution >= 4 is 35.0 Å². The van der Waals surface area contributed by atoms with Crippen molar-refractivity contribution < 1.29 is 14.0 Å². The van der Waals surface area contributed by atoms with E-state index in [1.54, 1.807) is 4.90 Å². The Morgan fingerprint density at radius 1 is 1.07 bits per heavy atom. The predicted molar refractivity (Wildman–Crippen MR) is 104 cm³/mol. The molecule has 2 saturated heterocycles. The molecule has 148 valence electrons. The van der Waals surface area contributed by atoms with E-state index in [0.29, 0.717) is 38.8 Å². The minimum atomic E-state index is -0.663. The van der Waals surface area contributed by atoms with E-state index >= 15 is 0 Å². The maximum atomic E-state index is 13.7. The Labute approximate surface area is 169 Å². The Morgan fingerprint density at radius 2 is 1.78 bits per heavy atom. The van der Waals surface area contributed by atoms with E-state index in [4.69, 9.17) is 23.2 Å². The first-order valence-corrected chi connectivity index (χ1v) is 10.1. The van der Waals surface area contributed by atoms with Gasteiger partial charge in [-0.05, 0) is 38.3 Å². The molecule has 2 aliphatic rings. The Hall–Kier alpha value is -1.37. The molecule has 2 aliphatic heterocycles. The molecule has 5 nitrogen and oxygen atoms in total. The molecule has 8 heteroatoms. The molecule has 1 aromatic carbocycles. The van der Waals surface area contributed by atoms with E-state index in [2.05, 4.69) is 11.8 Å². The second kappa shape index (κ2) is 8.76. The largest absolute Gasteiger partial charge is 0.339 e. The van der Waals surface area contributed by atoms with Gasteiger partial charge in [0.1, 0.15) is 5.82 Å². The minimum Gasteiger partial charge on any atom is -0.339 e. The van der Waals surface area contributed by atoms with Crippen molar-refractivity contribution in [3.8, 4) is 0 Å². The lowest BCUT2D eigenvalue weighted by Gasteiger charge is -2.38. The summed E-state index contributed by atoms with van der Waals surface area (Å²) in [5.74, 6) is -0.819. The van der Waals surface area contributed by atoms with E-state index in [0.717, 1.165) is 25.5 Å². The van der Waals surface area contributed by atoms with Crippen LogP contribution >= 0.6 is 23.2 Å². The number of piperidine rings is 1. The molecule has 0 aliphatic carbocycles. The lowest BCUT2D eigenvalue weighted by Crippen LogP contribution is -2.53. The summed E-state index contributed by atoms with van der Waals surface area (Å²) < 4.78 is 13.7. The summed E-state index contributed by atoms with van der Waals surface area (Å²) >= 11 is 11.7. The third-order valence-electron chi connectivity index (χ3n) is 5.38. The van der Waals surface area contributed by atoms with Crippen LogP contribution in [0.1, 0.15) is 36.5 Å². The van der Waals surface area contributed by atoms with Gasteiger partial charge in [-0.3, -0.25) is 14.5 Å². The fraction of sp³-hybridized carbons (Fsp3) is 0.579. The molecule has 2 fully saturated rings. The van der Waals surface area contributed by atoms with Crippen molar-refractivity contribution in [3.63, 3.8) is 0 Å². The molecule has 0 aromatic heterocycles. The zero-order valence-electron chi connectivity index (χ0n) is 15.4. The van der Waals surface area contributed by atoms with E-state index < -0.39 is 5.82 Å². The van der Waals surface area contributed by atoms with Crippen molar-refractivity contribution in [1.29, 1.82) is 0 Å². The average molecular weight is 416 g/mol. The van der Waals surface area contributed by atoms with Crippen LogP contribution in [0.2, 0.25) is 10.0 Å². The molecule has 1 aromatic rings. The summed E-state index contributed by atoms with van der Waals surface area (Å²) in [6.07, 6.45) is 3.31. The van der Waals surface area contributed by atoms with Crippen LogP contribution in [-0.2, 0) is 4.79 Å². The van der Waals surface area contributed by atoms with Crippen LogP contribution in [0, 0.1) is 5.82 Å². The summed E-state index contributed by atoms with van der Waals surface area (Å²) in [6.45, 7) is 5.47. The molecule has 1 atom stereocenters. The number of benzene rings is 1. The summed E-state index contributed by atoms with van der Waals surface area (Å²) in [5, 5.41) is 0.0370. The quantitative estimate of drug-likeness (QED) is 0.711. The maximum absolute atomic E-state index is 13.7. The van der Waals surface area contributed by atoms with Gasteiger partial charge in [-0.2, -0.15) is 0 Å². The van der Waals surface area contributed by atoms with Crippen LogP contribution < -0.4 is 0 Å². The number of amides is 2. The monoisotopic (exact) mass is 415 g/mol. The van der Waals surface area contributed by atoms with Crippen molar-refractivity contribution in [2.45, 2.75) is 32.2 Å². The highest BCUT2D eigenvalue weighted by Gasteiger charge is 2.28. The molecule has 0 saturated carbocycles. The summed E-state index contributed by atoms with van der Waals surface area (Å²) in [4.78, 5) is 30.9. The topological polar surface area (TPSA) is 43.9 Å². The molecule has 0 bridgehead atoms. The zero-order chi connectivity index (χ0) is 19.6. The van der Waals surface area contributed by atoms with E-state index in [-0.39, 0.29) is 27.4 Å². The van der Waals surface area contributed by atoms with E-state index in [1.807, 2.05) is 4.90 Å². The van der Waals surface area contributed by atoms with Gasteiger partial charge in [-0.25, -0.2) is 4.39 Å². The van der Waals surface area contributed by atoms with Crippen molar-refractivity contribution in [3.05, 3.63) is 33.6 Å². The molecule has 0 unspecified atom stereocenters. The number of hydrogen-bond acceptors (Lipinski definition) is 3. The number of likely N-dealkylation sites (tertiary alicyclic amines) is 1. The SMILES string of the molecule is C[C@@H]1CCCCN1C(=O)CN1CCN(C(=O)c2cc(F)c(Cl)cc2Cl)CC1. The molecule has 2 heterocycles. The Kier molecular flexibility index (Phi) is 6.61. The normalized spacial score (nSPS) is 21.4. The van der Waals surface area contributed by atoms with Crippen LogP contribution in [0.5, 0.6) is 0 Å². The first-order chi connectivity index (χ1) is 12.9. The smallest absolute Gasteiger partial charge is 0.255 e. The van der Waals surface area contributed by atoms with E-state index in [9.17, 15) is 14.0 Å². The number of halogens is 3. The maximum Gasteiger partial charge on any atom is 0.255 e. The van der Waals surface area contributed by atoms with Crippen LogP contribution in [-0.4, -0.2) is 71.8 Å². The average Bonchev–Trinajstić information content (AvgIpc) is 2.65. The number of hydrogen-bond donors (Lipinski definition) is 0. The second-order valence-corrected chi connectivity index (χ2v) is 8.06. The highest BCUT2D eigenvalue weighted by atomic mass is 35.5. The fourth-order valence-corrected chi connectivity index (χ4v) is 4.18. The molecule has 0 N–H and O–H groups in total. The fourth-order valence-electron chi connectivity index (χ4n) is 3.72. The third-order valence-corrected chi connectivity index (χ3v) is 5.98. The van der Waals surface area contributed by atoms with Gasteiger partial charge in [-0.15, -0.1) is 0 Å². The van der Waals surface area contributed by atoms with Gasteiger partial charge < -0.3 is 9.80 Å². The van der Waals surface area contributed by atoms with Gasteiger partial charge in [0.2, 0.25) is 5.91 Å². The standard InChI is InChI=1S/C19H24Cl2FN3O2/c1-13-4-2-3-5-25(13)18(26)12-23-6-8-24(9-7-23)19(27)14-10-17(22)16(21)11-15(14)20/h10-11,13H,2-9,12H2,1H3/t13-/m1/s1. The van der Waals surface area contributed by atoms with Gasteiger partial charge in [0, 0.05) is 38.8 Å². The molecular formula is C19H24Cl2FN3O2. The highest BCUT2D eigenvalue weighted by Crippen LogP contribution is 2.26. The molecule has 3 rings (SSSR count). The van der Waals surface area contributed by atoms with Gasteiger partial charge >= 0.3 is 0 Å². The lowest BCUT2D eigenvalue weighted by molar-refractivity contribution is -0.136. The highest BCUT2D eigenvalue weighted by molar-refractivity contribution is 6.36. The summed E-state index contributed by atoms with van der Waals surface area (Å²) in [5.41, 5.74) is 0.116. The van der Waals surface area contributed by atoms with Gasteiger partial charge in [0.25, 0.3) is 5.91 Å². The molecule has 27 heavy (non-hydrogen) atoms. The predicted octanol–water partition coefficient (Wildman–Crippen LogP) is 3.29. The van der Waals surface area contributed by atoms with Crippen LogP contribution in [0.15, 0.2) is 12.1 Å². The first-order valence-electron chi connectivity index (χ1n) is 9.32. The van der Waals surface area contributed by atoms with Gasteiger partial charge in [0.05, 0.1) is 22.2 Å². The van der Waals surface area contributed by atoms with Crippen LogP contribution in [0.4, 0.5) is 4.39 Å². The summed E-state index contributed by atoms with van der Waals surface area (Å²) in [6, 6.07) is 2.64. The van der Waals surface area contributed by atoms with Gasteiger partial charge in [0.15, 0.2) is 0 Å².